The van der Waals surface area contributed by atoms with Gasteiger partial charge < -0.3 is 33.2 Å². The molecule has 7 atom stereocenters. The maximum absolute atomic E-state index is 6.11. The second-order valence-electron chi connectivity index (χ2n) is 52.1. The van der Waals surface area contributed by atoms with Gasteiger partial charge in [-0.15, -0.1) is 0 Å². The van der Waals surface area contributed by atoms with E-state index < -0.39 is 0 Å². The van der Waals surface area contributed by atoms with Gasteiger partial charge in [0.15, 0.2) is 0 Å². The molecule has 820 valence electrons. The molecule has 7 nitrogen and oxygen atoms in total. The van der Waals surface area contributed by atoms with Gasteiger partial charge in [-0.3, -0.25) is 0 Å². The summed E-state index contributed by atoms with van der Waals surface area (Å²) in [6.07, 6.45) is 8.67. The zero-order chi connectivity index (χ0) is 113. The molecule has 0 fully saturated rings. The van der Waals surface area contributed by atoms with Crippen molar-refractivity contribution in [1.82, 2.24) is 0 Å². The molecule has 7 aromatic carbocycles. The van der Waals surface area contributed by atoms with Crippen LogP contribution in [0.2, 0.25) is 0 Å². The normalized spacial score (nSPS) is 18.5. The zero-order valence-corrected chi connectivity index (χ0v) is 106. The Hall–Kier alpha value is -8.68. The summed E-state index contributed by atoms with van der Waals surface area (Å²) in [5.41, 5.74) is 71.7. The molecule has 0 aliphatic carbocycles. The monoisotopic (exact) mass is 2020 g/mol. The van der Waals surface area contributed by atoms with Gasteiger partial charge in [0.05, 0.1) is 40.3 Å². The Morgan fingerprint density at radius 1 is 0.149 bits per heavy atom. The Morgan fingerprint density at radius 3 is 0.439 bits per heavy atom. The van der Waals surface area contributed by atoms with Crippen molar-refractivity contribution < 1.29 is 33.2 Å². The number of hydrogen-bond donors (Lipinski definition) is 0. The highest BCUT2D eigenvalue weighted by atomic mass is 16.5. The van der Waals surface area contributed by atoms with Crippen molar-refractivity contribution in [1.29, 1.82) is 0 Å². The maximum atomic E-state index is 6.11. The highest BCUT2D eigenvalue weighted by Crippen LogP contribution is 2.55. The van der Waals surface area contributed by atoms with Crippen LogP contribution in [0.5, 0.6) is 0 Å². The summed E-state index contributed by atoms with van der Waals surface area (Å²) < 4.78 is 42.5. The Labute approximate surface area is 909 Å². The number of fused-ring (bicyclic) bond motifs is 7. The van der Waals surface area contributed by atoms with Crippen molar-refractivity contribution in [3.05, 3.63) is 274 Å². The SMILES string of the molecule is C.CC1=C(C)c2c(C)c(C(C)(C)C)c(C)c(C)c2C(C)O1.CC1=C(C)c2c(C)c(C(C)(C)C)c(C)c(C)c2C(C)O1.CCc1c(C)c2c(c(C)c1C(C)(C)C)C(C)=C(C)OC2C.CCc1c(C)c2c(c(CC)c1C(C)(C)C)C(C)=C(C)OC2C.CCc1c(C)c2c(c(CC)c1C(C)(C)C)C(C)=C(C)OC2C.CCc1c2c(c(C)c(C)c1C(C)(C)C)C(C)OC(C)=C2C.CCc1c2c(c(C)c(C)c1C(C)(C)C)C(C)OC(C)=C2C. The van der Waals surface area contributed by atoms with Gasteiger partial charge in [0.2, 0.25) is 0 Å². The minimum atomic E-state index is 0. The van der Waals surface area contributed by atoms with E-state index in [1.807, 2.05) is 0 Å². The summed E-state index contributed by atoms with van der Waals surface area (Å²) >= 11 is 0. The van der Waals surface area contributed by atoms with E-state index in [2.05, 4.69) is 436 Å². The molecule has 0 aromatic heterocycles. The predicted octanol–water partition coefficient (Wildman–Crippen LogP) is 42.7. The maximum Gasteiger partial charge on any atom is 0.121 e. The lowest BCUT2D eigenvalue weighted by Crippen LogP contribution is -2.23. The van der Waals surface area contributed by atoms with Crippen LogP contribution in [0.3, 0.4) is 0 Å². The summed E-state index contributed by atoms with van der Waals surface area (Å²) in [5, 5.41) is 0. The van der Waals surface area contributed by atoms with Gasteiger partial charge in [0, 0.05) is 38.9 Å². The third kappa shape index (κ3) is 23.8. The van der Waals surface area contributed by atoms with Crippen LogP contribution < -0.4 is 0 Å². The minimum absolute atomic E-state index is 0. The molecule has 0 radical (unpaired) electrons. The lowest BCUT2D eigenvalue weighted by Gasteiger charge is -2.36. The molecule has 0 amide bonds. The summed E-state index contributed by atoms with van der Waals surface area (Å²) in [7, 11) is 0. The van der Waals surface area contributed by atoms with E-state index in [1.165, 1.54) is 262 Å². The molecule has 0 bridgehead atoms. The van der Waals surface area contributed by atoms with Crippen molar-refractivity contribution in [2.45, 2.75) is 569 Å². The van der Waals surface area contributed by atoms with Crippen LogP contribution in [-0.4, -0.2) is 0 Å². The van der Waals surface area contributed by atoms with Crippen LogP contribution in [0, 0.1) is 96.9 Å². The van der Waals surface area contributed by atoms with E-state index in [0.717, 1.165) is 85.3 Å². The predicted molar refractivity (Wildman–Crippen MR) is 649 cm³/mol. The minimum Gasteiger partial charge on any atom is -0.490 e. The zero-order valence-electron chi connectivity index (χ0n) is 106. The fraction of sp³-hybridized carbons (Fsp3) is 0.603. The Morgan fingerprint density at radius 2 is 0.270 bits per heavy atom. The fourth-order valence-corrected chi connectivity index (χ4v) is 28.3. The van der Waals surface area contributed by atoms with Crippen LogP contribution >= 0.6 is 0 Å². The van der Waals surface area contributed by atoms with Gasteiger partial charge in [-0.05, 0) is 559 Å². The molecule has 7 aliphatic rings. The van der Waals surface area contributed by atoms with Gasteiger partial charge in [0.25, 0.3) is 0 Å². The molecule has 0 saturated carbocycles. The quantitative estimate of drug-likeness (QED) is 0.158. The van der Waals surface area contributed by atoms with E-state index in [1.54, 1.807) is 11.1 Å². The summed E-state index contributed by atoms with van der Waals surface area (Å²) in [6, 6.07) is 0. The van der Waals surface area contributed by atoms with Crippen molar-refractivity contribution >= 4 is 39.0 Å². The molecule has 7 aliphatic heterocycles. The summed E-state index contributed by atoms with van der Waals surface area (Å²) in [5.74, 6) is 7.52. The number of allylic oxidation sites excluding steroid dienone is 14. The first kappa shape index (κ1) is 126. The number of hydrogen-bond acceptors (Lipinski definition) is 7. The molecule has 0 spiro atoms. The van der Waals surface area contributed by atoms with E-state index in [4.69, 9.17) is 33.2 Å². The molecule has 7 heterocycles. The molecule has 148 heavy (non-hydrogen) atoms. The van der Waals surface area contributed by atoms with Crippen molar-refractivity contribution in [2.24, 2.45) is 0 Å². The van der Waals surface area contributed by atoms with E-state index in [0.29, 0.717) is 0 Å². The fourth-order valence-electron chi connectivity index (χ4n) is 28.3. The molecule has 7 aromatic rings. The average molecular weight is 2020 g/mol. The smallest absolute Gasteiger partial charge is 0.121 e. The van der Waals surface area contributed by atoms with Crippen LogP contribution in [-0.2, 0) is 116 Å². The topological polar surface area (TPSA) is 64.6 Å². The first-order valence-electron chi connectivity index (χ1n) is 56.8. The molecule has 7 unspecified atom stereocenters. The van der Waals surface area contributed by atoms with Crippen LogP contribution in [0.15, 0.2) is 40.3 Å². The van der Waals surface area contributed by atoms with E-state index >= 15 is 0 Å². The summed E-state index contributed by atoms with van der Waals surface area (Å²) in [6.45, 7) is 142. The van der Waals surface area contributed by atoms with Crippen LogP contribution in [0.4, 0.5) is 0 Å². The number of rotatable bonds is 7. The Bertz CT molecular complexity index is 6120. The highest BCUT2D eigenvalue weighted by Gasteiger charge is 2.42. The number of ether oxygens (including phenoxy) is 7. The van der Waals surface area contributed by atoms with E-state index in [-0.39, 0.29) is 88.1 Å². The third-order valence-corrected chi connectivity index (χ3v) is 34.8. The van der Waals surface area contributed by atoms with Crippen molar-refractivity contribution in [2.75, 3.05) is 0 Å². The third-order valence-electron chi connectivity index (χ3n) is 34.8. The van der Waals surface area contributed by atoms with Crippen LogP contribution in [0.1, 0.15) is 623 Å². The lowest BCUT2D eigenvalue weighted by atomic mass is 9.72. The van der Waals surface area contributed by atoms with E-state index in [9.17, 15) is 0 Å². The van der Waals surface area contributed by atoms with Gasteiger partial charge in [-0.2, -0.15) is 0 Å². The Kier molecular flexibility index (Phi) is 39.8. The average Bonchev–Trinajstić information content (AvgIpc) is 0.718. The highest BCUT2D eigenvalue weighted by molar-refractivity contribution is 5.83. The second kappa shape index (κ2) is 46.7. The molecular formula is C141H214O7. The first-order valence-corrected chi connectivity index (χ1v) is 56.8. The molecule has 0 N–H and O–H groups in total. The largest absolute Gasteiger partial charge is 0.490 e. The van der Waals surface area contributed by atoms with Gasteiger partial charge in [-0.25, -0.2) is 0 Å². The lowest BCUT2D eigenvalue weighted by molar-refractivity contribution is 0.130. The van der Waals surface area contributed by atoms with Gasteiger partial charge in [0.1, 0.15) is 42.7 Å². The Balaban J connectivity index is 0.000000233. The molecule has 14 rings (SSSR count). The van der Waals surface area contributed by atoms with Gasteiger partial charge in [-0.1, -0.05) is 201 Å². The second-order valence-corrected chi connectivity index (χ2v) is 52.1. The molecule has 0 saturated heterocycles. The van der Waals surface area contributed by atoms with Gasteiger partial charge >= 0.3 is 0 Å². The van der Waals surface area contributed by atoms with Crippen LogP contribution in [0.25, 0.3) is 39.0 Å². The first-order chi connectivity index (χ1) is 67.3. The van der Waals surface area contributed by atoms with Crippen molar-refractivity contribution in [3.8, 4) is 0 Å². The molecular weight excluding hydrogens is 1810 g/mol. The van der Waals surface area contributed by atoms with Crippen molar-refractivity contribution in [3.63, 3.8) is 0 Å². The number of benzene rings is 7. The molecule has 7 heteroatoms. The summed E-state index contributed by atoms with van der Waals surface area (Å²) in [4.78, 5) is 0. The standard InChI is InChI=1S/2C21H32O.3C20H30O.2C19H28O.CH4/c2*1-10-16-13(4)18-15(6)22-14(5)12(3)19(18)17(11-2)20(16)21(7,8)9;1-10-16-12(3)18-15(6)21-14(5)11(2)17(18)13(4)19(16)20(7,8)9;2*1-10-16-18-13(4)14(5)21-15(6)17(18)11(2)12(3)19(16)20(7,8)9;2*1-10-11(2)18(19(7,8)9)13(4)16-12(3)14(5)20-15(6)17(10)16;/h2*15H,10-11H2,1-9H3;3*15H,10H2,1-9H3;2*15H,1-9H3;1H4.